The molecule has 0 atom stereocenters. The van der Waals surface area contributed by atoms with Gasteiger partial charge < -0.3 is 5.32 Å². The lowest BCUT2D eigenvalue weighted by molar-refractivity contribution is 0.102. The molecule has 2 nitrogen and oxygen atoms in total. The fraction of sp³-hybridized carbons (Fsp3) is 0.188. The van der Waals surface area contributed by atoms with Crippen molar-refractivity contribution in [3.63, 3.8) is 0 Å². The molecule has 2 aromatic rings. The summed E-state index contributed by atoms with van der Waals surface area (Å²) < 4.78 is 13.4. The Kier molecular flexibility index (Phi) is 4.79. The van der Waals surface area contributed by atoms with Gasteiger partial charge in [-0.2, -0.15) is 11.8 Å². The highest BCUT2D eigenvalue weighted by Gasteiger charge is 2.07. The predicted molar refractivity (Wildman–Crippen MR) is 82.8 cm³/mol. The summed E-state index contributed by atoms with van der Waals surface area (Å²) >= 11 is 1.73. The number of rotatable bonds is 4. The number of amides is 1. The van der Waals surface area contributed by atoms with Gasteiger partial charge in [-0.3, -0.25) is 4.79 Å². The first-order valence-corrected chi connectivity index (χ1v) is 7.65. The van der Waals surface area contributed by atoms with Crippen molar-refractivity contribution >= 4 is 23.4 Å². The lowest BCUT2D eigenvalue weighted by atomic mass is 10.1. The lowest BCUT2D eigenvalue weighted by Crippen LogP contribution is -2.12. The average Bonchev–Trinajstić information content (AvgIpc) is 2.44. The number of benzene rings is 2. The molecule has 0 aromatic heterocycles. The quantitative estimate of drug-likeness (QED) is 0.911. The molecular formula is C16H16FNOS. The summed E-state index contributed by atoms with van der Waals surface area (Å²) in [6.07, 6.45) is 2.03. The van der Waals surface area contributed by atoms with Crippen LogP contribution in [-0.4, -0.2) is 12.2 Å². The van der Waals surface area contributed by atoms with E-state index in [0.29, 0.717) is 16.8 Å². The Labute approximate surface area is 122 Å². The van der Waals surface area contributed by atoms with Gasteiger partial charge in [-0.25, -0.2) is 4.39 Å². The zero-order valence-electron chi connectivity index (χ0n) is 11.4. The van der Waals surface area contributed by atoms with E-state index in [4.69, 9.17) is 0 Å². The van der Waals surface area contributed by atoms with E-state index >= 15 is 0 Å². The van der Waals surface area contributed by atoms with Crippen molar-refractivity contribution in [1.29, 1.82) is 0 Å². The predicted octanol–water partition coefficient (Wildman–Crippen LogP) is 4.25. The third-order valence-electron chi connectivity index (χ3n) is 2.96. The number of nitrogens with one attached hydrogen (secondary N) is 1. The summed E-state index contributed by atoms with van der Waals surface area (Å²) in [4.78, 5) is 12.0. The van der Waals surface area contributed by atoms with Gasteiger partial charge in [-0.05, 0) is 48.6 Å². The van der Waals surface area contributed by atoms with Gasteiger partial charge in [-0.1, -0.05) is 18.2 Å². The molecule has 2 aromatic carbocycles. The van der Waals surface area contributed by atoms with Gasteiger partial charge in [-0.15, -0.1) is 0 Å². The normalized spacial score (nSPS) is 10.3. The van der Waals surface area contributed by atoms with Gasteiger partial charge in [0.1, 0.15) is 5.82 Å². The number of anilines is 1. The van der Waals surface area contributed by atoms with E-state index in [9.17, 15) is 9.18 Å². The zero-order chi connectivity index (χ0) is 14.5. The Bertz CT molecular complexity index is 610. The topological polar surface area (TPSA) is 29.1 Å². The molecule has 0 saturated carbocycles. The third-order valence-corrected chi connectivity index (χ3v) is 3.58. The molecule has 0 fully saturated rings. The standard InChI is InChI=1S/C16H16FNOS/c1-11-3-8-14(9-15(11)17)18-16(19)13-6-4-12(5-7-13)10-20-2/h3-9H,10H2,1-2H3,(H,18,19). The van der Waals surface area contributed by atoms with Crippen molar-refractivity contribution in [2.75, 3.05) is 11.6 Å². The molecular weight excluding hydrogens is 273 g/mol. The Hall–Kier alpha value is -1.81. The van der Waals surface area contributed by atoms with E-state index < -0.39 is 0 Å². The second-order valence-electron chi connectivity index (χ2n) is 4.55. The Morgan fingerprint density at radius 1 is 1.20 bits per heavy atom. The minimum atomic E-state index is -0.321. The maximum Gasteiger partial charge on any atom is 0.255 e. The van der Waals surface area contributed by atoms with E-state index in [1.54, 1.807) is 43.0 Å². The van der Waals surface area contributed by atoms with Gasteiger partial charge in [0, 0.05) is 17.0 Å². The summed E-state index contributed by atoms with van der Waals surface area (Å²) in [5.41, 5.74) is 2.77. The van der Waals surface area contributed by atoms with Crippen LogP contribution in [0.2, 0.25) is 0 Å². The molecule has 0 aliphatic heterocycles. The van der Waals surface area contributed by atoms with Gasteiger partial charge in [0.2, 0.25) is 0 Å². The molecule has 0 bridgehead atoms. The van der Waals surface area contributed by atoms with E-state index in [2.05, 4.69) is 5.32 Å². The molecule has 20 heavy (non-hydrogen) atoms. The molecule has 104 valence electrons. The summed E-state index contributed by atoms with van der Waals surface area (Å²) in [7, 11) is 0. The van der Waals surface area contributed by atoms with Crippen LogP contribution >= 0.6 is 11.8 Å². The zero-order valence-corrected chi connectivity index (χ0v) is 12.3. The molecule has 2 rings (SSSR count). The number of halogens is 1. The van der Waals surface area contributed by atoms with Gasteiger partial charge in [0.05, 0.1) is 0 Å². The number of carbonyl (C=O) groups excluding carboxylic acids is 1. The molecule has 1 N–H and O–H groups in total. The van der Waals surface area contributed by atoms with Gasteiger partial charge in [0.25, 0.3) is 5.91 Å². The highest BCUT2D eigenvalue weighted by atomic mass is 32.2. The maximum atomic E-state index is 13.4. The summed E-state index contributed by atoms with van der Waals surface area (Å²) in [5, 5.41) is 2.69. The number of carbonyl (C=O) groups is 1. The van der Waals surface area contributed by atoms with Crippen molar-refractivity contribution in [1.82, 2.24) is 0 Å². The van der Waals surface area contributed by atoms with Gasteiger partial charge >= 0.3 is 0 Å². The molecule has 0 saturated heterocycles. The summed E-state index contributed by atoms with van der Waals surface area (Å²) in [6.45, 7) is 1.69. The molecule has 1 amide bonds. The van der Waals surface area contributed by atoms with Crippen LogP contribution in [0.4, 0.5) is 10.1 Å². The van der Waals surface area contributed by atoms with Crippen molar-refractivity contribution in [3.8, 4) is 0 Å². The minimum absolute atomic E-state index is 0.232. The van der Waals surface area contributed by atoms with Crippen LogP contribution in [-0.2, 0) is 5.75 Å². The lowest BCUT2D eigenvalue weighted by Gasteiger charge is -2.07. The maximum absolute atomic E-state index is 13.4. The first-order chi connectivity index (χ1) is 9.60. The highest BCUT2D eigenvalue weighted by Crippen LogP contribution is 2.16. The fourth-order valence-electron chi connectivity index (χ4n) is 1.79. The van der Waals surface area contributed by atoms with Crippen molar-refractivity contribution < 1.29 is 9.18 Å². The van der Waals surface area contributed by atoms with Crippen LogP contribution < -0.4 is 5.32 Å². The summed E-state index contributed by atoms with van der Waals surface area (Å²) in [6, 6.07) is 12.1. The fourth-order valence-corrected chi connectivity index (χ4v) is 2.32. The smallest absolute Gasteiger partial charge is 0.255 e. The van der Waals surface area contributed by atoms with Crippen LogP contribution in [0, 0.1) is 12.7 Å². The molecule has 4 heteroatoms. The molecule has 0 radical (unpaired) electrons. The second-order valence-corrected chi connectivity index (χ2v) is 5.41. The Morgan fingerprint density at radius 3 is 2.50 bits per heavy atom. The van der Waals surface area contributed by atoms with Gasteiger partial charge in [0.15, 0.2) is 0 Å². The monoisotopic (exact) mass is 289 g/mol. The number of hydrogen-bond donors (Lipinski definition) is 1. The molecule has 0 unspecified atom stereocenters. The Morgan fingerprint density at radius 2 is 1.90 bits per heavy atom. The van der Waals surface area contributed by atoms with Crippen LogP contribution in [0.1, 0.15) is 21.5 Å². The number of thioether (sulfide) groups is 1. The molecule has 0 heterocycles. The molecule has 0 aliphatic carbocycles. The largest absolute Gasteiger partial charge is 0.322 e. The van der Waals surface area contributed by atoms with Crippen molar-refractivity contribution in [2.45, 2.75) is 12.7 Å². The van der Waals surface area contributed by atoms with Crippen LogP contribution in [0.25, 0.3) is 0 Å². The minimum Gasteiger partial charge on any atom is -0.322 e. The van der Waals surface area contributed by atoms with E-state index in [1.165, 1.54) is 11.6 Å². The highest BCUT2D eigenvalue weighted by molar-refractivity contribution is 7.97. The number of hydrogen-bond acceptors (Lipinski definition) is 2. The van der Waals surface area contributed by atoms with Crippen molar-refractivity contribution in [3.05, 3.63) is 65.0 Å². The van der Waals surface area contributed by atoms with E-state index in [1.807, 2.05) is 18.4 Å². The first-order valence-electron chi connectivity index (χ1n) is 6.25. The van der Waals surface area contributed by atoms with Crippen LogP contribution in [0.5, 0.6) is 0 Å². The second kappa shape index (κ2) is 6.57. The first kappa shape index (κ1) is 14.6. The van der Waals surface area contributed by atoms with Crippen LogP contribution in [0.3, 0.4) is 0 Å². The van der Waals surface area contributed by atoms with E-state index in [0.717, 1.165) is 5.75 Å². The molecule has 0 spiro atoms. The SMILES string of the molecule is CSCc1ccc(C(=O)Nc2ccc(C)c(F)c2)cc1. The Balaban J connectivity index is 2.09. The van der Waals surface area contributed by atoms with Crippen LogP contribution in [0.15, 0.2) is 42.5 Å². The van der Waals surface area contributed by atoms with Crippen molar-refractivity contribution in [2.24, 2.45) is 0 Å². The number of aryl methyl sites for hydroxylation is 1. The van der Waals surface area contributed by atoms with E-state index in [-0.39, 0.29) is 11.7 Å². The molecule has 0 aliphatic rings. The third kappa shape index (κ3) is 3.61. The summed E-state index contributed by atoms with van der Waals surface area (Å²) in [5.74, 6) is 0.368. The average molecular weight is 289 g/mol.